The van der Waals surface area contributed by atoms with Crippen LogP contribution >= 0.6 is 11.8 Å². The number of fused-ring (bicyclic) bond motifs is 1. The van der Waals surface area contributed by atoms with Crippen LogP contribution in [-0.2, 0) is 16.0 Å². The van der Waals surface area contributed by atoms with Gasteiger partial charge >= 0.3 is 0 Å². The van der Waals surface area contributed by atoms with Gasteiger partial charge in [0.2, 0.25) is 11.8 Å². The van der Waals surface area contributed by atoms with Gasteiger partial charge in [0, 0.05) is 28.6 Å². The average Bonchev–Trinajstić information content (AvgIpc) is 2.60. The molecule has 4 nitrogen and oxygen atoms in total. The molecule has 1 atom stereocenters. The number of carbonyl (C=O) groups is 2. The van der Waals surface area contributed by atoms with E-state index in [2.05, 4.69) is 10.6 Å². The Hall–Kier alpha value is -2.27. The van der Waals surface area contributed by atoms with Gasteiger partial charge < -0.3 is 10.6 Å². The fourth-order valence-electron chi connectivity index (χ4n) is 2.88. The first kappa shape index (κ1) is 16.6. The first-order valence-corrected chi connectivity index (χ1v) is 9.21. The van der Waals surface area contributed by atoms with Crippen molar-refractivity contribution in [2.45, 2.75) is 24.2 Å². The summed E-state index contributed by atoms with van der Waals surface area (Å²) < 4.78 is 0. The molecular weight excluding hydrogens is 320 g/mol. The Balaban J connectivity index is 1.55. The molecule has 0 bridgehead atoms. The van der Waals surface area contributed by atoms with Gasteiger partial charge in [-0.3, -0.25) is 9.59 Å². The zero-order valence-electron chi connectivity index (χ0n) is 13.5. The molecule has 124 valence electrons. The first-order chi connectivity index (χ1) is 11.7. The number of benzene rings is 2. The molecule has 0 radical (unpaired) electrons. The SMILES string of the molecule is CSc1cccc(NC(=O)CC[C@H]2Cc3ccccc3NC2=O)c1. The molecule has 2 aromatic carbocycles. The molecule has 2 N–H and O–H groups in total. The summed E-state index contributed by atoms with van der Waals surface area (Å²) in [6.45, 7) is 0. The fraction of sp³-hybridized carbons (Fsp3) is 0.263. The van der Waals surface area contributed by atoms with E-state index < -0.39 is 0 Å². The van der Waals surface area contributed by atoms with Crippen molar-refractivity contribution in [3.8, 4) is 0 Å². The van der Waals surface area contributed by atoms with Crippen LogP contribution in [0.25, 0.3) is 0 Å². The Kier molecular flexibility index (Phi) is 5.20. The Morgan fingerprint density at radius 3 is 2.92 bits per heavy atom. The van der Waals surface area contributed by atoms with Crippen LogP contribution in [0.5, 0.6) is 0 Å². The molecule has 5 heteroatoms. The number of thioether (sulfide) groups is 1. The number of para-hydroxylation sites is 1. The topological polar surface area (TPSA) is 58.2 Å². The van der Waals surface area contributed by atoms with Crippen LogP contribution in [-0.4, -0.2) is 18.1 Å². The van der Waals surface area contributed by atoms with E-state index in [0.717, 1.165) is 21.8 Å². The summed E-state index contributed by atoms with van der Waals surface area (Å²) in [6, 6.07) is 15.6. The van der Waals surface area contributed by atoms with E-state index in [-0.39, 0.29) is 17.7 Å². The van der Waals surface area contributed by atoms with Crippen LogP contribution < -0.4 is 10.6 Å². The number of carbonyl (C=O) groups excluding carboxylic acids is 2. The first-order valence-electron chi connectivity index (χ1n) is 7.98. The summed E-state index contributed by atoms with van der Waals surface area (Å²) in [7, 11) is 0. The van der Waals surface area contributed by atoms with Crippen LogP contribution in [0.15, 0.2) is 53.4 Å². The quantitative estimate of drug-likeness (QED) is 0.811. The van der Waals surface area contributed by atoms with Crippen molar-refractivity contribution in [3.63, 3.8) is 0 Å². The maximum atomic E-state index is 12.2. The van der Waals surface area contributed by atoms with E-state index in [1.165, 1.54) is 0 Å². The lowest BCUT2D eigenvalue weighted by Crippen LogP contribution is -2.30. The number of hydrogen-bond acceptors (Lipinski definition) is 3. The molecule has 2 aromatic rings. The lowest BCUT2D eigenvalue weighted by molar-refractivity contribution is -0.121. The minimum Gasteiger partial charge on any atom is -0.326 e. The molecule has 2 amide bonds. The smallest absolute Gasteiger partial charge is 0.227 e. The van der Waals surface area contributed by atoms with Crippen molar-refractivity contribution in [1.29, 1.82) is 0 Å². The third-order valence-electron chi connectivity index (χ3n) is 4.19. The Morgan fingerprint density at radius 2 is 2.08 bits per heavy atom. The minimum absolute atomic E-state index is 0.00544. The largest absolute Gasteiger partial charge is 0.326 e. The lowest BCUT2D eigenvalue weighted by Gasteiger charge is -2.24. The molecule has 1 heterocycles. The number of anilines is 2. The van der Waals surface area contributed by atoms with Gasteiger partial charge in [-0.1, -0.05) is 24.3 Å². The van der Waals surface area contributed by atoms with Crippen molar-refractivity contribution in [1.82, 2.24) is 0 Å². The Morgan fingerprint density at radius 1 is 1.25 bits per heavy atom. The second-order valence-electron chi connectivity index (χ2n) is 5.87. The van der Waals surface area contributed by atoms with E-state index >= 15 is 0 Å². The highest BCUT2D eigenvalue weighted by molar-refractivity contribution is 7.98. The Bertz CT molecular complexity index is 761. The van der Waals surface area contributed by atoms with E-state index in [0.29, 0.717) is 19.3 Å². The number of nitrogens with one attached hydrogen (secondary N) is 2. The zero-order valence-corrected chi connectivity index (χ0v) is 14.4. The van der Waals surface area contributed by atoms with Crippen LogP contribution in [0.1, 0.15) is 18.4 Å². The molecule has 0 aliphatic carbocycles. The third kappa shape index (κ3) is 3.97. The molecule has 1 aliphatic heterocycles. The predicted molar refractivity (Wildman–Crippen MR) is 98.4 cm³/mol. The summed E-state index contributed by atoms with van der Waals surface area (Å²) in [5.41, 5.74) is 2.82. The highest BCUT2D eigenvalue weighted by Gasteiger charge is 2.26. The van der Waals surface area contributed by atoms with Crippen molar-refractivity contribution >= 4 is 35.0 Å². The molecule has 24 heavy (non-hydrogen) atoms. The summed E-state index contributed by atoms with van der Waals surface area (Å²) >= 11 is 1.64. The second kappa shape index (κ2) is 7.53. The fourth-order valence-corrected chi connectivity index (χ4v) is 3.34. The van der Waals surface area contributed by atoms with Gasteiger partial charge in [0.25, 0.3) is 0 Å². The van der Waals surface area contributed by atoms with Gasteiger partial charge in [0.05, 0.1) is 0 Å². The van der Waals surface area contributed by atoms with E-state index in [4.69, 9.17) is 0 Å². The van der Waals surface area contributed by atoms with Crippen LogP contribution in [0.4, 0.5) is 11.4 Å². The van der Waals surface area contributed by atoms with Crippen molar-refractivity contribution in [2.75, 3.05) is 16.9 Å². The molecule has 0 aromatic heterocycles. The predicted octanol–water partition coefficient (Wildman–Crippen LogP) is 3.94. The minimum atomic E-state index is -0.150. The van der Waals surface area contributed by atoms with Gasteiger partial charge in [-0.05, 0) is 48.9 Å². The monoisotopic (exact) mass is 340 g/mol. The third-order valence-corrected chi connectivity index (χ3v) is 4.91. The standard InChI is InChI=1S/C19H20N2O2S/c1-24-16-7-4-6-15(12-16)20-18(22)10-9-14-11-13-5-2-3-8-17(13)21-19(14)23/h2-8,12,14H,9-11H2,1H3,(H,20,22)(H,21,23)/t14-/m0/s1. The van der Waals surface area contributed by atoms with Crippen molar-refractivity contribution < 1.29 is 9.59 Å². The van der Waals surface area contributed by atoms with E-state index in [9.17, 15) is 9.59 Å². The van der Waals surface area contributed by atoms with Gasteiger partial charge in [0.15, 0.2) is 0 Å². The molecule has 3 rings (SSSR count). The number of amides is 2. The van der Waals surface area contributed by atoms with Crippen LogP contribution in [0, 0.1) is 5.92 Å². The molecule has 0 saturated heterocycles. The number of hydrogen-bond donors (Lipinski definition) is 2. The molecule has 0 spiro atoms. The van der Waals surface area contributed by atoms with E-state index in [1.807, 2.05) is 54.8 Å². The highest BCUT2D eigenvalue weighted by Crippen LogP contribution is 2.27. The summed E-state index contributed by atoms with van der Waals surface area (Å²) in [5.74, 6) is -0.200. The van der Waals surface area contributed by atoms with Gasteiger partial charge in [-0.25, -0.2) is 0 Å². The molecule has 1 aliphatic rings. The molecular formula is C19H20N2O2S. The second-order valence-corrected chi connectivity index (χ2v) is 6.75. The normalized spacial score (nSPS) is 16.2. The summed E-state index contributed by atoms with van der Waals surface area (Å²) in [5, 5.41) is 5.83. The van der Waals surface area contributed by atoms with Crippen LogP contribution in [0.2, 0.25) is 0 Å². The molecule has 0 fully saturated rings. The maximum Gasteiger partial charge on any atom is 0.227 e. The number of rotatable bonds is 5. The molecule has 0 unspecified atom stereocenters. The van der Waals surface area contributed by atoms with Gasteiger partial charge in [-0.15, -0.1) is 11.8 Å². The summed E-state index contributed by atoms with van der Waals surface area (Å²) in [4.78, 5) is 25.4. The van der Waals surface area contributed by atoms with Crippen LogP contribution in [0.3, 0.4) is 0 Å². The van der Waals surface area contributed by atoms with Gasteiger partial charge in [-0.2, -0.15) is 0 Å². The van der Waals surface area contributed by atoms with Gasteiger partial charge in [0.1, 0.15) is 0 Å². The summed E-state index contributed by atoms with van der Waals surface area (Å²) in [6.07, 6.45) is 3.58. The highest BCUT2D eigenvalue weighted by atomic mass is 32.2. The maximum absolute atomic E-state index is 12.2. The zero-order chi connectivity index (χ0) is 16.9. The molecule has 0 saturated carbocycles. The lowest BCUT2D eigenvalue weighted by atomic mass is 9.89. The van der Waals surface area contributed by atoms with E-state index in [1.54, 1.807) is 11.8 Å². The average molecular weight is 340 g/mol. The van der Waals surface area contributed by atoms with Crippen molar-refractivity contribution in [2.24, 2.45) is 5.92 Å². The Labute approximate surface area is 146 Å². The van der Waals surface area contributed by atoms with Crippen molar-refractivity contribution in [3.05, 3.63) is 54.1 Å².